The molecule has 0 unspecified atom stereocenters. The van der Waals surface area contributed by atoms with E-state index in [1.54, 1.807) is 7.11 Å². The molecule has 0 aromatic carbocycles. The molecular formula is C12H23N3O2. The number of piperidine rings is 1. The van der Waals surface area contributed by atoms with E-state index in [9.17, 15) is 4.79 Å². The monoisotopic (exact) mass is 241 g/mol. The zero-order valence-electron chi connectivity index (χ0n) is 10.6. The van der Waals surface area contributed by atoms with E-state index in [1.807, 2.05) is 0 Å². The Balaban J connectivity index is 1.90. The van der Waals surface area contributed by atoms with Gasteiger partial charge < -0.3 is 15.8 Å². The van der Waals surface area contributed by atoms with Gasteiger partial charge in [-0.15, -0.1) is 0 Å². The van der Waals surface area contributed by atoms with Crippen LogP contribution in [-0.2, 0) is 9.53 Å². The number of amides is 1. The highest BCUT2D eigenvalue weighted by Crippen LogP contribution is 2.35. The van der Waals surface area contributed by atoms with Gasteiger partial charge in [0.2, 0.25) is 5.91 Å². The minimum Gasteiger partial charge on any atom is -0.385 e. The number of rotatable bonds is 5. The summed E-state index contributed by atoms with van der Waals surface area (Å²) < 4.78 is 5.10. The van der Waals surface area contributed by atoms with Gasteiger partial charge in [-0.1, -0.05) is 0 Å². The number of methoxy groups -OCH3 is 1. The van der Waals surface area contributed by atoms with Gasteiger partial charge in [0, 0.05) is 32.8 Å². The number of ether oxygens (including phenoxy) is 1. The summed E-state index contributed by atoms with van der Waals surface area (Å²) >= 11 is 0. The first-order chi connectivity index (χ1) is 8.18. The number of nitrogens with two attached hydrogens (primary N) is 1. The lowest BCUT2D eigenvalue weighted by atomic mass is 9.75. The Morgan fingerprint density at radius 2 is 2.12 bits per heavy atom. The van der Waals surface area contributed by atoms with E-state index >= 15 is 0 Å². The van der Waals surface area contributed by atoms with Crippen molar-refractivity contribution in [2.45, 2.75) is 25.3 Å². The lowest BCUT2D eigenvalue weighted by Gasteiger charge is -2.45. The van der Waals surface area contributed by atoms with Crippen LogP contribution in [0.15, 0.2) is 0 Å². The Labute approximate surface area is 103 Å². The number of nitrogens with one attached hydrogen (secondary N) is 1. The maximum Gasteiger partial charge on any atom is 0.223 e. The van der Waals surface area contributed by atoms with Crippen molar-refractivity contribution in [2.24, 2.45) is 11.1 Å². The predicted octanol–water partition coefficient (Wildman–Crippen LogP) is -0.438. The van der Waals surface area contributed by atoms with Crippen LogP contribution in [0.25, 0.3) is 0 Å². The predicted molar refractivity (Wildman–Crippen MR) is 65.6 cm³/mol. The average Bonchev–Trinajstić information content (AvgIpc) is 2.26. The zero-order chi connectivity index (χ0) is 12.3. The molecule has 0 aromatic heterocycles. The van der Waals surface area contributed by atoms with Crippen LogP contribution in [0.2, 0.25) is 0 Å². The molecule has 1 amide bonds. The van der Waals surface area contributed by atoms with Gasteiger partial charge in [-0.3, -0.25) is 9.69 Å². The first-order valence-corrected chi connectivity index (χ1v) is 6.41. The van der Waals surface area contributed by atoms with Gasteiger partial charge in [0.05, 0.1) is 5.41 Å². The highest BCUT2D eigenvalue weighted by atomic mass is 16.5. The third-order valence-corrected chi connectivity index (χ3v) is 4.34. The normalized spacial score (nSPS) is 25.5. The Morgan fingerprint density at radius 1 is 1.47 bits per heavy atom. The van der Waals surface area contributed by atoms with Crippen LogP contribution in [0.3, 0.4) is 0 Å². The molecular weight excluding hydrogens is 218 g/mol. The Kier molecular flexibility index (Phi) is 4.01. The molecule has 2 rings (SSSR count). The summed E-state index contributed by atoms with van der Waals surface area (Å²) in [6, 6.07) is 0.670. The fraction of sp³-hybridized carbons (Fsp3) is 0.917. The first kappa shape index (κ1) is 12.8. The van der Waals surface area contributed by atoms with E-state index in [2.05, 4.69) is 10.2 Å². The summed E-state index contributed by atoms with van der Waals surface area (Å²) in [6.07, 6.45) is 2.51. The number of likely N-dealkylation sites (tertiary alicyclic amines) is 1. The molecule has 2 fully saturated rings. The zero-order valence-corrected chi connectivity index (χ0v) is 10.6. The first-order valence-electron chi connectivity index (χ1n) is 6.41. The molecule has 0 bridgehead atoms. The largest absolute Gasteiger partial charge is 0.385 e. The van der Waals surface area contributed by atoms with E-state index < -0.39 is 0 Å². The van der Waals surface area contributed by atoms with Gasteiger partial charge in [-0.05, 0) is 32.4 Å². The van der Waals surface area contributed by atoms with Crippen molar-refractivity contribution in [3.05, 3.63) is 0 Å². The van der Waals surface area contributed by atoms with Crippen molar-refractivity contribution in [2.75, 3.05) is 39.9 Å². The van der Waals surface area contributed by atoms with Gasteiger partial charge in [-0.2, -0.15) is 0 Å². The molecule has 0 aliphatic carbocycles. The molecule has 0 spiro atoms. The molecule has 2 aliphatic heterocycles. The topological polar surface area (TPSA) is 67.6 Å². The summed E-state index contributed by atoms with van der Waals surface area (Å²) in [5.74, 6) is -0.152. The van der Waals surface area contributed by atoms with Crippen molar-refractivity contribution in [3.63, 3.8) is 0 Å². The Morgan fingerprint density at radius 3 is 2.53 bits per heavy atom. The maximum absolute atomic E-state index is 11.7. The van der Waals surface area contributed by atoms with Gasteiger partial charge in [0.1, 0.15) is 0 Å². The highest BCUT2D eigenvalue weighted by molar-refractivity contribution is 5.81. The molecule has 98 valence electrons. The van der Waals surface area contributed by atoms with Crippen LogP contribution >= 0.6 is 0 Å². The summed E-state index contributed by atoms with van der Waals surface area (Å²) in [7, 11) is 1.67. The molecule has 0 aromatic rings. The van der Waals surface area contributed by atoms with Crippen LogP contribution in [0.5, 0.6) is 0 Å². The molecule has 2 aliphatic rings. The molecule has 5 nitrogen and oxygen atoms in total. The van der Waals surface area contributed by atoms with Crippen molar-refractivity contribution < 1.29 is 9.53 Å². The van der Waals surface area contributed by atoms with Gasteiger partial charge in [0.25, 0.3) is 0 Å². The van der Waals surface area contributed by atoms with E-state index in [0.29, 0.717) is 12.6 Å². The summed E-state index contributed by atoms with van der Waals surface area (Å²) in [5.41, 5.74) is 5.26. The molecule has 0 saturated carbocycles. The molecule has 0 radical (unpaired) electrons. The van der Waals surface area contributed by atoms with Gasteiger partial charge in [0.15, 0.2) is 0 Å². The third kappa shape index (κ3) is 2.61. The summed E-state index contributed by atoms with van der Waals surface area (Å²) in [6.45, 7) is 4.76. The number of carbonyl (C=O) groups is 1. The Hall–Kier alpha value is -0.650. The minimum atomic E-state index is -0.330. The molecule has 2 saturated heterocycles. The van der Waals surface area contributed by atoms with Crippen LogP contribution < -0.4 is 11.1 Å². The number of hydrogen-bond donors (Lipinski definition) is 2. The lowest BCUT2D eigenvalue weighted by molar-refractivity contribution is -0.132. The Bertz CT molecular complexity index is 271. The maximum atomic E-state index is 11.7. The quantitative estimate of drug-likeness (QED) is 0.685. The smallest absolute Gasteiger partial charge is 0.223 e. The van der Waals surface area contributed by atoms with E-state index in [-0.39, 0.29) is 11.3 Å². The standard InChI is InChI=1S/C12H23N3O2/c1-17-7-4-12(11(13)16)2-5-15(6-3-12)10-8-14-9-10/h10,14H,2-9H2,1H3,(H2,13,16). The number of hydrogen-bond acceptors (Lipinski definition) is 4. The van der Waals surface area contributed by atoms with Gasteiger partial charge in [-0.25, -0.2) is 0 Å². The SMILES string of the molecule is COCCC1(C(N)=O)CCN(C2CNC2)CC1. The lowest BCUT2D eigenvalue weighted by Crippen LogP contribution is -2.60. The van der Waals surface area contributed by atoms with Crippen molar-refractivity contribution in [3.8, 4) is 0 Å². The summed E-state index contributed by atoms with van der Waals surface area (Å²) in [5, 5.41) is 3.28. The molecule has 3 N–H and O–H groups in total. The second kappa shape index (κ2) is 5.33. The minimum absolute atomic E-state index is 0.152. The highest BCUT2D eigenvalue weighted by Gasteiger charge is 2.41. The van der Waals surface area contributed by atoms with E-state index in [0.717, 1.165) is 45.4 Å². The third-order valence-electron chi connectivity index (χ3n) is 4.34. The second-order valence-electron chi connectivity index (χ2n) is 5.24. The van der Waals surface area contributed by atoms with Crippen LogP contribution in [-0.4, -0.2) is 56.7 Å². The molecule has 2 heterocycles. The number of primary amides is 1. The molecule has 5 heteroatoms. The van der Waals surface area contributed by atoms with Crippen molar-refractivity contribution >= 4 is 5.91 Å². The summed E-state index contributed by atoms with van der Waals surface area (Å²) in [4.78, 5) is 14.2. The van der Waals surface area contributed by atoms with E-state index in [1.165, 1.54) is 0 Å². The van der Waals surface area contributed by atoms with Gasteiger partial charge >= 0.3 is 0 Å². The van der Waals surface area contributed by atoms with Crippen LogP contribution in [0.1, 0.15) is 19.3 Å². The van der Waals surface area contributed by atoms with Crippen LogP contribution in [0, 0.1) is 5.41 Å². The van der Waals surface area contributed by atoms with Crippen LogP contribution in [0.4, 0.5) is 0 Å². The number of nitrogens with zero attached hydrogens (tertiary/aromatic N) is 1. The average molecular weight is 241 g/mol. The molecule has 0 atom stereocenters. The fourth-order valence-electron chi connectivity index (χ4n) is 2.77. The van der Waals surface area contributed by atoms with Crippen molar-refractivity contribution in [1.29, 1.82) is 0 Å². The second-order valence-corrected chi connectivity index (χ2v) is 5.24. The van der Waals surface area contributed by atoms with E-state index in [4.69, 9.17) is 10.5 Å². The number of carbonyl (C=O) groups excluding carboxylic acids is 1. The fourth-order valence-corrected chi connectivity index (χ4v) is 2.77. The molecule has 17 heavy (non-hydrogen) atoms. The van der Waals surface area contributed by atoms with Crippen molar-refractivity contribution in [1.82, 2.24) is 10.2 Å².